The van der Waals surface area contributed by atoms with Crippen LogP contribution in [0.5, 0.6) is 0 Å². The van der Waals surface area contributed by atoms with Crippen molar-refractivity contribution in [3.63, 3.8) is 0 Å². The van der Waals surface area contributed by atoms with E-state index in [1.165, 1.54) is 28.0 Å². The third-order valence-electron chi connectivity index (χ3n) is 2.30. The predicted octanol–water partition coefficient (Wildman–Crippen LogP) is 2.53. The first kappa shape index (κ1) is 15.1. The van der Waals surface area contributed by atoms with Crippen LogP contribution in [0.2, 0.25) is 0 Å². The van der Waals surface area contributed by atoms with Gasteiger partial charge >= 0.3 is 0 Å². The smallest absolute Gasteiger partial charge is 0.265 e. The average Bonchev–Trinajstić information content (AvgIpc) is 2.65. The zero-order chi connectivity index (χ0) is 13.7. The van der Waals surface area contributed by atoms with E-state index in [2.05, 4.69) is 5.32 Å². The molecule has 0 aliphatic rings. The molecule has 0 aromatic carbocycles. The van der Waals surface area contributed by atoms with E-state index >= 15 is 0 Å². The number of nitrogens with two attached hydrogens (primary N) is 1. The first-order valence-corrected chi connectivity index (χ1v) is 7.54. The number of rotatable bonds is 6. The highest BCUT2D eigenvalue weighted by Gasteiger charge is 2.21. The molecular formula is C11H18FN3OS2. The van der Waals surface area contributed by atoms with Gasteiger partial charge in [-0.3, -0.25) is 9.18 Å². The van der Waals surface area contributed by atoms with Gasteiger partial charge in [0.05, 0.1) is 17.3 Å². The molecule has 7 heteroatoms. The monoisotopic (exact) mass is 291 g/mol. The largest absolute Gasteiger partial charge is 0.396 e. The van der Waals surface area contributed by atoms with Crippen LogP contribution in [-0.2, 0) is 0 Å². The summed E-state index contributed by atoms with van der Waals surface area (Å²) in [5.74, 6) is -0.105. The summed E-state index contributed by atoms with van der Waals surface area (Å²) in [4.78, 5) is 14.8. The molecule has 102 valence electrons. The molecule has 0 unspecified atom stereocenters. The highest BCUT2D eigenvalue weighted by molar-refractivity contribution is 7.99. The third-order valence-corrected chi connectivity index (χ3v) is 4.41. The highest BCUT2D eigenvalue weighted by atomic mass is 32.2. The highest BCUT2D eigenvalue weighted by Crippen LogP contribution is 2.41. The van der Waals surface area contributed by atoms with Crippen molar-refractivity contribution in [2.45, 2.75) is 11.3 Å². The minimum atomic E-state index is -0.355. The molecule has 0 atom stereocenters. The maximum absolute atomic E-state index is 12.1. The molecule has 0 aliphatic carbocycles. The van der Waals surface area contributed by atoms with E-state index < -0.39 is 0 Å². The lowest BCUT2D eigenvalue weighted by molar-refractivity contribution is 0.0833. The topological polar surface area (TPSA) is 58.4 Å². The van der Waals surface area contributed by atoms with Crippen LogP contribution in [0.1, 0.15) is 16.1 Å². The van der Waals surface area contributed by atoms with E-state index in [1.54, 1.807) is 14.1 Å². The zero-order valence-corrected chi connectivity index (χ0v) is 12.4. The van der Waals surface area contributed by atoms with Crippen molar-refractivity contribution in [3.05, 3.63) is 4.88 Å². The second-order valence-electron chi connectivity index (χ2n) is 3.88. The normalized spacial score (nSPS) is 10.4. The summed E-state index contributed by atoms with van der Waals surface area (Å²) in [7, 11) is 3.38. The molecule has 0 aliphatic heterocycles. The van der Waals surface area contributed by atoms with Gasteiger partial charge in [0.2, 0.25) is 0 Å². The fraction of sp³-hybridized carbons (Fsp3) is 0.545. The van der Waals surface area contributed by atoms with Gasteiger partial charge in [0, 0.05) is 20.6 Å². The Labute approximate surface area is 115 Å². The predicted molar refractivity (Wildman–Crippen MR) is 77.6 cm³/mol. The Morgan fingerprint density at radius 2 is 2.22 bits per heavy atom. The molecule has 1 aromatic heterocycles. The summed E-state index contributed by atoms with van der Waals surface area (Å²) < 4.78 is 12.1. The molecule has 0 radical (unpaired) electrons. The number of anilines is 2. The van der Waals surface area contributed by atoms with Gasteiger partial charge in [-0.2, -0.15) is 0 Å². The van der Waals surface area contributed by atoms with Crippen molar-refractivity contribution in [2.75, 3.05) is 44.6 Å². The van der Waals surface area contributed by atoms with Gasteiger partial charge in [-0.05, 0) is 12.7 Å². The molecule has 0 spiro atoms. The number of thiophene rings is 1. The van der Waals surface area contributed by atoms with Gasteiger partial charge in [-0.15, -0.1) is 23.1 Å². The van der Waals surface area contributed by atoms with Crippen LogP contribution >= 0.6 is 23.1 Å². The van der Waals surface area contributed by atoms with Gasteiger partial charge in [-0.25, -0.2) is 0 Å². The maximum Gasteiger partial charge on any atom is 0.265 e. The van der Waals surface area contributed by atoms with Crippen molar-refractivity contribution in [2.24, 2.45) is 0 Å². The number of hydrogen-bond donors (Lipinski definition) is 2. The Hall–Kier alpha value is -0.950. The van der Waals surface area contributed by atoms with Crippen LogP contribution in [0.25, 0.3) is 0 Å². The number of carbonyl (C=O) groups excluding carboxylic acids is 1. The SMILES string of the molecule is CSc1c(NCCCF)sc(C(=O)N(C)C)c1N. The lowest BCUT2D eigenvalue weighted by Crippen LogP contribution is -2.21. The molecule has 1 amide bonds. The fourth-order valence-electron chi connectivity index (χ4n) is 1.38. The number of alkyl halides is 1. The second-order valence-corrected chi connectivity index (χ2v) is 5.71. The molecule has 18 heavy (non-hydrogen) atoms. The number of carbonyl (C=O) groups is 1. The van der Waals surface area contributed by atoms with Gasteiger partial charge in [0.15, 0.2) is 0 Å². The summed E-state index contributed by atoms with van der Waals surface area (Å²) in [5.41, 5.74) is 6.49. The molecule has 4 nitrogen and oxygen atoms in total. The zero-order valence-electron chi connectivity index (χ0n) is 10.7. The lowest BCUT2D eigenvalue weighted by Gasteiger charge is -2.08. The van der Waals surface area contributed by atoms with Crippen LogP contribution in [0, 0.1) is 0 Å². The Bertz CT molecular complexity index is 421. The van der Waals surface area contributed by atoms with Gasteiger partial charge in [0.1, 0.15) is 9.88 Å². The van der Waals surface area contributed by atoms with E-state index in [-0.39, 0.29) is 12.6 Å². The molecule has 0 bridgehead atoms. The van der Waals surface area contributed by atoms with Gasteiger partial charge < -0.3 is 16.0 Å². The van der Waals surface area contributed by atoms with Crippen molar-refractivity contribution >= 4 is 39.7 Å². The van der Waals surface area contributed by atoms with Crippen LogP contribution in [0.3, 0.4) is 0 Å². The Kier molecular flexibility index (Phi) is 5.74. The van der Waals surface area contributed by atoms with Gasteiger partial charge in [-0.1, -0.05) is 0 Å². The van der Waals surface area contributed by atoms with E-state index in [4.69, 9.17) is 5.73 Å². The molecule has 1 heterocycles. The van der Waals surface area contributed by atoms with Crippen molar-refractivity contribution in [1.29, 1.82) is 0 Å². The molecule has 3 N–H and O–H groups in total. The summed E-state index contributed by atoms with van der Waals surface area (Å²) in [6.45, 7) is 0.186. The number of nitrogens with one attached hydrogen (secondary N) is 1. The molecule has 0 saturated carbocycles. The van der Waals surface area contributed by atoms with Crippen LogP contribution in [0.4, 0.5) is 15.1 Å². The standard InChI is InChI=1S/C11H18FN3OS2/c1-15(2)11(16)9-7(13)8(17-3)10(18-9)14-6-4-5-12/h14H,4-6,13H2,1-3H3. The first-order chi connectivity index (χ1) is 8.52. The van der Waals surface area contributed by atoms with Crippen molar-refractivity contribution < 1.29 is 9.18 Å². The van der Waals surface area contributed by atoms with E-state index in [9.17, 15) is 9.18 Å². The fourth-order valence-corrected chi connectivity index (χ4v) is 3.46. The first-order valence-electron chi connectivity index (χ1n) is 5.50. The second kappa shape index (κ2) is 6.84. The summed E-state index contributed by atoms with van der Waals surface area (Å²) in [6, 6.07) is 0. The molecule has 0 saturated heterocycles. The van der Waals surface area contributed by atoms with Crippen LogP contribution < -0.4 is 11.1 Å². The van der Waals surface area contributed by atoms with E-state index in [0.717, 1.165) is 9.90 Å². The minimum absolute atomic E-state index is 0.105. The summed E-state index contributed by atoms with van der Waals surface area (Å²) in [5, 5.41) is 3.97. The number of thioether (sulfide) groups is 1. The average molecular weight is 291 g/mol. The number of amides is 1. The van der Waals surface area contributed by atoms with Crippen molar-refractivity contribution in [3.8, 4) is 0 Å². The maximum atomic E-state index is 12.1. The molecule has 1 aromatic rings. The van der Waals surface area contributed by atoms with Crippen LogP contribution in [0.15, 0.2) is 4.90 Å². The van der Waals surface area contributed by atoms with Crippen LogP contribution in [-0.4, -0.2) is 44.4 Å². The number of halogens is 1. The Morgan fingerprint density at radius 3 is 2.72 bits per heavy atom. The quantitative estimate of drug-likeness (QED) is 0.624. The number of nitrogen functional groups attached to an aromatic ring is 1. The van der Waals surface area contributed by atoms with E-state index in [0.29, 0.717) is 23.5 Å². The lowest BCUT2D eigenvalue weighted by atomic mass is 10.3. The number of hydrogen-bond acceptors (Lipinski definition) is 5. The van der Waals surface area contributed by atoms with E-state index in [1.807, 2.05) is 6.26 Å². The Morgan fingerprint density at radius 1 is 1.56 bits per heavy atom. The molecular weight excluding hydrogens is 273 g/mol. The molecule has 0 fully saturated rings. The summed E-state index contributed by atoms with van der Waals surface area (Å²) in [6.07, 6.45) is 2.35. The van der Waals surface area contributed by atoms with Gasteiger partial charge in [0.25, 0.3) is 5.91 Å². The minimum Gasteiger partial charge on any atom is -0.396 e. The summed E-state index contributed by atoms with van der Waals surface area (Å²) >= 11 is 2.82. The van der Waals surface area contributed by atoms with Crippen molar-refractivity contribution in [1.82, 2.24) is 4.90 Å². The third kappa shape index (κ3) is 3.29. The Balaban J connectivity index is 2.97. The molecule has 1 rings (SSSR count). The number of nitrogens with zero attached hydrogens (tertiary/aromatic N) is 1.